The third kappa shape index (κ3) is 4.89. The standard InChI is InChI=1S/C18H20ClNO3/c1-12(2)20-18(21)14-6-9-16(17(10-14)22-3)23-11-13-4-7-15(19)8-5-13/h4-10,12H,11H2,1-3H3,(H,20,21). The highest BCUT2D eigenvalue weighted by molar-refractivity contribution is 6.30. The second-order valence-corrected chi connectivity index (χ2v) is 5.85. The van der Waals surface area contributed by atoms with Crippen LogP contribution in [-0.2, 0) is 6.61 Å². The Labute approximate surface area is 141 Å². The van der Waals surface area contributed by atoms with Gasteiger partial charge in [0.25, 0.3) is 5.91 Å². The molecule has 0 radical (unpaired) electrons. The molecule has 0 aliphatic rings. The van der Waals surface area contributed by atoms with E-state index in [1.54, 1.807) is 25.3 Å². The van der Waals surface area contributed by atoms with Crippen molar-refractivity contribution in [2.24, 2.45) is 0 Å². The van der Waals surface area contributed by atoms with E-state index in [0.717, 1.165) is 5.56 Å². The van der Waals surface area contributed by atoms with E-state index < -0.39 is 0 Å². The van der Waals surface area contributed by atoms with Gasteiger partial charge in [0.1, 0.15) is 6.61 Å². The van der Waals surface area contributed by atoms with Crippen molar-refractivity contribution < 1.29 is 14.3 Å². The third-order valence-electron chi connectivity index (χ3n) is 3.15. The van der Waals surface area contributed by atoms with E-state index in [1.807, 2.05) is 38.1 Å². The van der Waals surface area contributed by atoms with Gasteiger partial charge in [0, 0.05) is 16.6 Å². The Bertz CT molecular complexity index is 668. The van der Waals surface area contributed by atoms with E-state index in [-0.39, 0.29) is 11.9 Å². The summed E-state index contributed by atoms with van der Waals surface area (Å²) in [6.07, 6.45) is 0. The number of carbonyl (C=O) groups is 1. The van der Waals surface area contributed by atoms with Crippen molar-refractivity contribution >= 4 is 17.5 Å². The second-order valence-electron chi connectivity index (χ2n) is 5.41. The van der Waals surface area contributed by atoms with E-state index in [4.69, 9.17) is 21.1 Å². The van der Waals surface area contributed by atoms with Crippen molar-refractivity contribution in [3.63, 3.8) is 0 Å². The third-order valence-corrected chi connectivity index (χ3v) is 3.41. The number of nitrogens with one attached hydrogen (secondary N) is 1. The molecule has 0 aliphatic carbocycles. The Balaban J connectivity index is 2.10. The number of carbonyl (C=O) groups excluding carboxylic acids is 1. The van der Waals surface area contributed by atoms with Crippen LogP contribution in [0.5, 0.6) is 11.5 Å². The van der Waals surface area contributed by atoms with Crippen LogP contribution in [0.2, 0.25) is 5.02 Å². The summed E-state index contributed by atoms with van der Waals surface area (Å²) in [6, 6.07) is 12.7. The Hall–Kier alpha value is -2.20. The minimum atomic E-state index is -0.137. The van der Waals surface area contributed by atoms with E-state index in [1.165, 1.54) is 0 Å². The van der Waals surface area contributed by atoms with Gasteiger partial charge in [-0.1, -0.05) is 23.7 Å². The van der Waals surface area contributed by atoms with Gasteiger partial charge >= 0.3 is 0 Å². The van der Waals surface area contributed by atoms with Gasteiger partial charge in [0.15, 0.2) is 11.5 Å². The Kier molecular flexibility index (Phi) is 5.88. The van der Waals surface area contributed by atoms with Gasteiger partial charge in [-0.05, 0) is 49.7 Å². The molecule has 0 unspecified atom stereocenters. The molecule has 0 saturated carbocycles. The molecule has 2 rings (SSSR count). The topological polar surface area (TPSA) is 47.6 Å². The van der Waals surface area contributed by atoms with Crippen molar-refractivity contribution in [3.8, 4) is 11.5 Å². The first-order chi connectivity index (χ1) is 11.0. The van der Waals surface area contributed by atoms with Gasteiger partial charge in [-0.2, -0.15) is 0 Å². The molecule has 0 fully saturated rings. The molecule has 0 aliphatic heterocycles. The van der Waals surface area contributed by atoms with Gasteiger partial charge in [0.2, 0.25) is 0 Å². The highest BCUT2D eigenvalue weighted by atomic mass is 35.5. The number of benzene rings is 2. The molecule has 0 spiro atoms. The quantitative estimate of drug-likeness (QED) is 0.867. The Morgan fingerprint density at radius 3 is 2.43 bits per heavy atom. The second kappa shape index (κ2) is 7.88. The highest BCUT2D eigenvalue weighted by Crippen LogP contribution is 2.29. The zero-order chi connectivity index (χ0) is 16.8. The fraction of sp³-hybridized carbons (Fsp3) is 0.278. The predicted octanol–water partition coefficient (Wildman–Crippen LogP) is 4.07. The molecular formula is C18H20ClNO3. The van der Waals surface area contributed by atoms with Crippen LogP contribution in [0.25, 0.3) is 0 Å². The fourth-order valence-corrected chi connectivity index (χ4v) is 2.14. The number of rotatable bonds is 6. The number of amides is 1. The number of hydrogen-bond acceptors (Lipinski definition) is 3. The minimum Gasteiger partial charge on any atom is -0.493 e. The summed E-state index contributed by atoms with van der Waals surface area (Å²) in [5, 5.41) is 3.53. The van der Waals surface area contributed by atoms with E-state index in [0.29, 0.717) is 28.7 Å². The maximum atomic E-state index is 12.0. The lowest BCUT2D eigenvalue weighted by atomic mass is 10.1. The summed E-state index contributed by atoms with van der Waals surface area (Å²) < 4.78 is 11.1. The van der Waals surface area contributed by atoms with Crippen molar-refractivity contribution in [2.75, 3.05) is 7.11 Å². The Morgan fingerprint density at radius 2 is 1.83 bits per heavy atom. The predicted molar refractivity (Wildman–Crippen MR) is 91.4 cm³/mol. The van der Waals surface area contributed by atoms with Crippen LogP contribution in [0.4, 0.5) is 0 Å². The average molecular weight is 334 g/mol. The van der Waals surface area contributed by atoms with Gasteiger partial charge in [0.05, 0.1) is 7.11 Å². The van der Waals surface area contributed by atoms with Gasteiger partial charge in [-0.3, -0.25) is 4.79 Å². The van der Waals surface area contributed by atoms with Crippen LogP contribution in [-0.4, -0.2) is 19.1 Å². The van der Waals surface area contributed by atoms with Crippen LogP contribution in [0.1, 0.15) is 29.8 Å². The first-order valence-electron chi connectivity index (χ1n) is 7.35. The van der Waals surface area contributed by atoms with E-state index in [2.05, 4.69) is 5.32 Å². The molecule has 1 N–H and O–H groups in total. The largest absolute Gasteiger partial charge is 0.493 e. The lowest BCUT2D eigenvalue weighted by Crippen LogP contribution is -2.30. The molecule has 1 amide bonds. The molecule has 5 heteroatoms. The van der Waals surface area contributed by atoms with E-state index in [9.17, 15) is 4.79 Å². The molecule has 4 nitrogen and oxygen atoms in total. The summed E-state index contributed by atoms with van der Waals surface area (Å²) in [6.45, 7) is 4.22. The number of ether oxygens (including phenoxy) is 2. The average Bonchev–Trinajstić information content (AvgIpc) is 2.53. The van der Waals surface area contributed by atoms with Crippen LogP contribution in [0, 0.1) is 0 Å². The van der Waals surface area contributed by atoms with Gasteiger partial charge < -0.3 is 14.8 Å². The summed E-state index contributed by atoms with van der Waals surface area (Å²) in [5.74, 6) is 0.974. The molecule has 2 aromatic rings. The van der Waals surface area contributed by atoms with Crippen molar-refractivity contribution in [2.45, 2.75) is 26.5 Å². The maximum Gasteiger partial charge on any atom is 0.251 e. The monoisotopic (exact) mass is 333 g/mol. The van der Waals surface area contributed by atoms with Gasteiger partial charge in [-0.25, -0.2) is 0 Å². The molecule has 122 valence electrons. The molecule has 0 atom stereocenters. The fourth-order valence-electron chi connectivity index (χ4n) is 2.02. The number of methoxy groups -OCH3 is 1. The van der Waals surface area contributed by atoms with Crippen molar-refractivity contribution in [1.29, 1.82) is 0 Å². The SMILES string of the molecule is COc1cc(C(=O)NC(C)C)ccc1OCc1ccc(Cl)cc1. The van der Waals surface area contributed by atoms with Crippen LogP contribution >= 0.6 is 11.6 Å². The van der Waals surface area contributed by atoms with Gasteiger partial charge in [-0.15, -0.1) is 0 Å². The first kappa shape index (κ1) is 17.2. The summed E-state index contributed by atoms with van der Waals surface area (Å²) in [7, 11) is 1.55. The molecule has 0 bridgehead atoms. The zero-order valence-corrected chi connectivity index (χ0v) is 14.2. The molecule has 2 aromatic carbocycles. The molecule has 0 heterocycles. The van der Waals surface area contributed by atoms with Crippen molar-refractivity contribution in [1.82, 2.24) is 5.32 Å². The lowest BCUT2D eigenvalue weighted by Gasteiger charge is -2.13. The molecule has 0 saturated heterocycles. The zero-order valence-electron chi connectivity index (χ0n) is 13.4. The Morgan fingerprint density at radius 1 is 1.13 bits per heavy atom. The minimum absolute atomic E-state index is 0.0781. The number of hydrogen-bond donors (Lipinski definition) is 1. The van der Waals surface area contributed by atoms with E-state index >= 15 is 0 Å². The lowest BCUT2D eigenvalue weighted by molar-refractivity contribution is 0.0942. The summed E-state index contributed by atoms with van der Waals surface area (Å²) in [5.41, 5.74) is 1.53. The maximum absolute atomic E-state index is 12.0. The summed E-state index contributed by atoms with van der Waals surface area (Å²) in [4.78, 5) is 12.0. The van der Waals surface area contributed by atoms with Crippen LogP contribution in [0.3, 0.4) is 0 Å². The van der Waals surface area contributed by atoms with Crippen LogP contribution in [0.15, 0.2) is 42.5 Å². The van der Waals surface area contributed by atoms with Crippen molar-refractivity contribution in [3.05, 3.63) is 58.6 Å². The van der Waals surface area contributed by atoms with Crippen LogP contribution < -0.4 is 14.8 Å². The molecule has 23 heavy (non-hydrogen) atoms. The summed E-state index contributed by atoms with van der Waals surface area (Å²) >= 11 is 5.86. The smallest absolute Gasteiger partial charge is 0.251 e. The molecular weight excluding hydrogens is 314 g/mol. The highest BCUT2D eigenvalue weighted by Gasteiger charge is 2.12. The number of halogens is 1. The normalized spacial score (nSPS) is 10.5. The molecule has 0 aromatic heterocycles. The first-order valence-corrected chi connectivity index (χ1v) is 7.73.